The molecule has 5 fully saturated rings. The normalized spacial score (nSPS) is 39.5. The second-order valence-corrected chi connectivity index (χ2v) is 14.1. The highest BCUT2D eigenvalue weighted by atomic mass is 35.5. The standard InChI is InChI=1S/C31H50ClF3N8O4/c1-4-6-19-14-36-29-24(39-19)28(46)26(41-9-11-42(12-10-41)30(47)25-27(45)17(3)37-16-38-25)22(5-2)43(29)15-23(44)40-21-8-7-18(13-20(21)32)31(33,34)35/h4,6,17-22,24-27,29,36-39,45H,5,7-16H2,1-3H3,(H,40,44)/b6-4+. The Morgan fingerprint density at radius 1 is 1.13 bits per heavy atom. The van der Waals surface area contributed by atoms with Crippen molar-refractivity contribution in [3.8, 4) is 0 Å². The fourth-order valence-corrected chi connectivity index (χ4v) is 8.41. The Balaban J connectivity index is 1.29. The van der Waals surface area contributed by atoms with Crippen LogP contribution in [0.3, 0.4) is 0 Å². The molecule has 266 valence electrons. The summed E-state index contributed by atoms with van der Waals surface area (Å²) in [6.07, 6.45) is -1.33. The van der Waals surface area contributed by atoms with E-state index in [-0.39, 0.29) is 61.5 Å². The first-order chi connectivity index (χ1) is 22.3. The monoisotopic (exact) mass is 690 g/mol. The van der Waals surface area contributed by atoms with Gasteiger partial charge in [-0.2, -0.15) is 13.2 Å². The Hall–Kier alpha value is -1.85. The summed E-state index contributed by atoms with van der Waals surface area (Å²) in [5.41, 5.74) is 0. The molecule has 6 N–H and O–H groups in total. The van der Waals surface area contributed by atoms with Gasteiger partial charge in [0.2, 0.25) is 11.8 Å². The molecule has 4 aliphatic heterocycles. The first kappa shape index (κ1) is 36.4. The number of Topliss-reactive ketones (excluding diaryl/α,β-unsaturated/α-hetero) is 1. The Bertz CT molecular complexity index is 1160. The number of piperazine rings is 2. The van der Waals surface area contributed by atoms with E-state index in [0.717, 1.165) is 0 Å². The summed E-state index contributed by atoms with van der Waals surface area (Å²) in [7, 11) is 0. The quantitative estimate of drug-likeness (QED) is 0.156. The molecule has 0 spiro atoms. The molecule has 0 aromatic heterocycles. The number of amides is 2. The van der Waals surface area contributed by atoms with Crippen LogP contribution in [0.25, 0.3) is 0 Å². The van der Waals surface area contributed by atoms with E-state index in [2.05, 4.69) is 31.5 Å². The fourth-order valence-electron chi connectivity index (χ4n) is 8.01. The molecule has 5 aliphatic rings. The van der Waals surface area contributed by atoms with Crippen molar-refractivity contribution < 1.29 is 32.7 Å². The Labute approximate surface area is 279 Å². The Morgan fingerprint density at radius 2 is 1.85 bits per heavy atom. The van der Waals surface area contributed by atoms with Crippen molar-refractivity contribution in [1.29, 1.82) is 0 Å². The second kappa shape index (κ2) is 15.4. The summed E-state index contributed by atoms with van der Waals surface area (Å²) in [5.74, 6) is -1.96. The zero-order valence-corrected chi connectivity index (χ0v) is 28.1. The van der Waals surface area contributed by atoms with Crippen LogP contribution in [0.4, 0.5) is 13.2 Å². The highest BCUT2D eigenvalue weighted by Gasteiger charge is 2.53. The topological polar surface area (TPSA) is 141 Å². The summed E-state index contributed by atoms with van der Waals surface area (Å²) in [6.45, 7) is 8.35. The third-order valence-corrected chi connectivity index (χ3v) is 11.1. The van der Waals surface area contributed by atoms with Gasteiger partial charge in [-0.1, -0.05) is 19.1 Å². The van der Waals surface area contributed by atoms with Gasteiger partial charge in [0.1, 0.15) is 6.04 Å². The smallest absolute Gasteiger partial charge is 0.389 e. The summed E-state index contributed by atoms with van der Waals surface area (Å²) < 4.78 is 39.9. The van der Waals surface area contributed by atoms with Crippen LogP contribution < -0.4 is 26.6 Å². The maximum absolute atomic E-state index is 14.3. The van der Waals surface area contributed by atoms with Gasteiger partial charge in [-0.25, -0.2) is 0 Å². The molecule has 0 aromatic rings. The highest BCUT2D eigenvalue weighted by molar-refractivity contribution is 6.21. The largest absolute Gasteiger partial charge is 0.391 e. The van der Waals surface area contributed by atoms with Crippen LogP contribution in [0.5, 0.6) is 0 Å². The third-order valence-electron chi connectivity index (χ3n) is 10.6. The number of halogens is 4. The van der Waals surface area contributed by atoms with E-state index in [9.17, 15) is 32.7 Å². The van der Waals surface area contributed by atoms with Crippen LogP contribution in [0.15, 0.2) is 12.2 Å². The number of carbonyl (C=O) groups is 3. The molecule has 11 unspecified atom stereocenters. The number of fused-ring (bicyclic) bond motifs is 1. The number of alkyl halides is 4. The summed E-state index contributed by atoms with van der Waals surface area (Å²) in [4.78, 5) is 47.0. The maximum Gasteiger partial charge on any atom is 0.391 e. The minimum atomic E-state index is -4.31. The lowest BCUT2D eigenvalue weighted by atomic mass is 9.84. The number of hydrogen-bond acceptors (Lipinski definition) is 10. The van der Waals surface area contributed by atoms with Crippen molar-refractivity contribution in [2.24, 2.45) is 5.92 Å². The molecule has 47 heavy (non-hydrogen) atoms. The number of hydrogen-bond donors (Lipinski definition) is 6. The lowest BCUT2D eigenvalue weighted by molar-refractivity contribution is -0.182. The first-order valence-corrected chi connectivity index (χ1v) is 17.4. The van der Waals surface area contributed by atoms with Gasteiger partial charge in [-0.3, -0.25) is 45.5 Å². The number of nitrogens with zero attached hydrogens (tertiary/aromatic N) is 3. The van der Waals surface area contributed by atoms with Gasteiger partial charge in [0.15, 0.2) is 5.78 Å². The number of likely N-dealkylation sites (tertiary alicyclic amines) is 1. The summed E-state index contributed by atoms with van der Waals surface area (Å²) in [6, 6.07) is -3.06. The van der Waals surface area contributed by atoms with E-state index in [4.69, 9.17) is 11.6 Å². The average molecular weight is 691 g/mol. The average Bonchev–Trinajstić information content (AvgIpc) is 3.04. The Kier molecular flexibility index (Phi) is 11.9. The van der Waals surface area contributed by atoms with Crippen LogP contribution in [0, 0.1) is 5.92 Å². The molecule has 4 heterocycles. The van der Waals surface area contributed by atoms with Gasteiger partial charge in [0.25, 0.3) is 0 Å². The molecule has 16 heteroatoms. The van der Waals surface area contributed by atoms with Gasteiger partial charge < -0.3 is 15.3 Å². The molecule has 0 bridgehead atoms. The Morgan fingerprint density at radius 3 is 2.49 bits per heavy atom. The molecule has 12 nitrogen and oxygen atoms in total. The lowest BCUT2D eigenvalue weighted by Gasteiger charge is -2.55. The van der Waals surface area contributed by atoms with Crippen molar-refractivity contribution >= 4 is 29.2 Å². The SMILES string of the molecule is C/C=C/C1CNC2C(N1)C(=O)C(N1CCN(C(=O)C3NCNC(C)C3O)CC1)C(CC)N2CC(=O)NC1CCC(C(F)(F)F)CC1Cl. The van der Waals surface area contributed by atoms with Crippen molar-refractivity contribution in [3.05, 3.63) is 12.2 Å². The van der Waals surface area contributed by atoms with Crippen LogP contribution in [-0.2, 0) is 14.4 Å². The number of rotatable bonds is 7. The van der Waals surface area contributed by atoms with Crippen LogP contribution in [0.2, 0.25) is 0 Å². The number of ketones is 1. The highest BCUT2D eigenvalue weighted by Crippen LogP contribution is 2.39. The molecule has 0 aromatic carbocycles. The van der Waals surface area contributed by atoms with E-state index in [1.54, 1.807) is 4.90 Å². The fraction of sp³-hybridized carbons (Fsp3) is 0.839. The molecular weight excluding hydrogens is 641 g/mol. The molecular formula is C31H50ClF3N8O4. The second-order valence-electron chi connectivity index (χ2n) is 13.6. The molecule has 2 amide bonds. The van der Waals surface area contributed by atoms with Crippen LogP contribution >= 0.6 is 11.6 Å². The van der Waals surface area contributed by atoms with Gasteiger partial charge in [-0.15, -0.1) is 11.6 Å². The van der Waals surface area contributed by atoms with Crippen LogP contribution in [0.1, 0.15) is 46.5 Å². The number of aliphatic hydroxyl groups excluding tert-OH is 1. The minimum Gasteiger partial charge on any atom is -0.389 e. The van der Waals surface area contributed by atoms with Crippen molar-refractivity contribution in [1.82, 2.24) is 41.3 Å². The van der Waals surface area contributed by atoms with Gasteiger partial charge in [0.05, 0.1) is 42.2 Å². The lowest BCUT2D eigenvalue weighted by Crippen LogP contribution is -2.79. The van der Waals surface area contributed by atoms with Gasteiger partial charge in [0, 0.05) is 63.6 Å². The molecule has 0 radical (unpaired) electrons. The van der Waals surface area contributed by atoms with E-state index in [0.29, 0.717) is 45.8 Å². The maximum atomic E-state index is 14.3. The van der Waals surface area contributed by atoms with Gasteiger partial charge in [-0.05, 0) is 39.5 Å². The predicted octanol–water partition coefficient (Wildman–Crippen LogP) is -0.282. The third kappa shape index (κ3) is 7.98. The number of allylic oxidation sites excluding steroid dienone is 1. The molecule has 1 aliphatic carbocycles. The predicted molar refractivity (Wildman–Crippen MR) is 170 cm³/mol. The summed E-state index contributed by atoms with van der Waals surface area (Å²) >= 11 is 6.37. The van der Waals surface area contributed by atoms with Crippen molar-refractivity contribution in [2.45, 2.75) is 113 Å². The van der Waals surface area contributed by atoms with Gasteiger partial charge >= 0.3 is 6.18 Å². The first-order valence-electron chi connectivity index (χ1n) is 16.9. The zero-order chi connectivity index (χ0) is 34.0. The molecule has 5 rings (SSSR count). The van der Waals surface area contributed by atoms with E-state index >= 15 is 0 Å². The van der Waals surface area contributed by atoms with Crippen LogP contribution in [-0.4, -0.2) is 149 Å². The number of piperidine rings is 1. The van der Waals surface area contributed by atoms with Crippen molar-refractivity contribution in [2.75, 3.05) is 45.9 Å². The zero-order valence-electron chi connectivity index (χ0n) is 27.3. The van der Waals surface area contributed by atoms with E-state index in [1.807, 2.05) is 37.8 Å². The number of aliphatic hydroxyl groups is 1. The van der Waals surface area contributed by atoms with E-state index < -0.39 is 53.9 Å². The molecule has 11 atom stereocenters. The van der Waals surface area contributed by atoms with E-state index in [1.165, 1.54) is 0 Å². The molecule has 1 saturated carbocycles. The summed E-state index contributed by atoms with van der Waals surface area (Å²) in [5, 5.41) is 25.8. The molecule has 4 saturated heterocycles. The number of carbonyl (C=O) groups excluding carboxylic acids is 3. The minimum absolute atomic E-state index is 0.0237. The van der Waals surface area contributed by atoms with Crippen molar-refractivity contribution in [3.63, 3.8) is 0 Å². The number of nitrogens with one attached hydrogen (secondary N) is 5.